The predicted octanol–water partition coefficient (Wildman–Crippen LogP) is 4.27. The van der Waals surface area contributed by atoms with Gasteiger partial charge in [-0.15, -0.1) is 11.8 Å². The fraction of sp³-hybridized carbons (Fsp3) is 0.176. The second kappa shape index (κ2) is 6.34. The first-order valence-electron chi connectivity index (χ1n) is 7.17. The van der Waals surface area contributed by atoms with Crippen molar-refractivity contribution < 1.29 is 14.6 Å². The summed E-state index contributed by atoms with van der Waals surface area (Å²) in [6, 6.07) is 10.8. The molecule has 23 heavy (non-hydrogen) atoms. The van der Waals surface area contributed by atoms with Gasteiger partial charge in [0.25, 0.3) is 0 Å². The summed E-state index contributed by atoms with van der Waals surface area (Å²) >= 11 is 1.65. The highest BCUT2D eigenvalue weighted by Gasteiger charge is 2.14. The number of aromatic carboxylic acids is 1. The largest absolute Gasteiger partial charge is 0.478 e. The number of benzene rings is 2. The summed E-state index contributed by atoms with van der Waals surface area (Å²) in [5.41, 5.74) is 0.775. The molecule has 0 fully saturated rings. The lowest BCUT2D eigenvalue weighted by Crippen LogP contribution is -1.97. The number of thioether (sulfide) groups is 1. The zero-order chi connectivity index (χ0) is 16.4. The van der Waals surface area contributed by atoms with Gasteiger partial charge in [-0.1, -0.05) is 0 Å². The van der Waals surface area contributed by atoms with Crippen molar-refractivity contribution in [2.24, 2.45) is 0 Å². The van der Waals surface area contributed by atoms with E-state index in [1.165, 1.54) is 6.07 Å². The minimum Gasteiger partial charge on any atom is -0.478 e. The van der Waals surface area contributed by atoms with E-state index in [2.05, 4.69) is 5.10 Å². The first kappa shape index (κ1) is 15.4. The molecule has 0 saturated heterocycles. The maximum atomic E-state index is 11.3. The summed E-state index contributed by atoms with van der Waals surface area (Å²) in [5, 5.41) is 14.4. The molecule has 0 aliphatic heterocycles. The van der Waals surface area contributed by atoms with Crippen LogP contribution in [0.4, 0.5) is 0 Å². The van der Waals surface area contributed by atoms with Gasteiger partial charge in [0, 0.05) is 17.6 Å². The minimum atomic E-state index is -1.000. The van der Waals surface area contributed by atoms with Crippen molar-refractivity contribution in [2.45, 2.75) is 18.4 Å². The van der Waals surface area contributed by atoms with E-state index in [9.17, 15) is 9.90 Å². The Hall–Kier alpha value is -2.47. The number of carboxylic acid groups (broad SMARTS) is 1. The summed E-state index contributed by atoms with van der Waals surface area (Å²) in [5.74, 6) is 0.160. The van der Waals surface area contributed by atoms with Crippen molar-refractivity contribution in [3.63, 3.8) is 0 Å². The standard InChI is InChI=1S/C17H16N2O3S/c1-3-19-10-14-15(18-19)8-11(17(20)21)9-16(14)22-12-4-6-13(23-2)7-5-12/h4-10H,3H2,1-2H3,(H,20,21). The molecule has 0 unspecified atom stereocenters. The first-order chi connectivity index (χ1) is 11.1. The first-order valence-corrected chi connectivity index (χ1v) is 8.39. The molecule has 6 heteroatoms. The highest BCUT2D eigenvalue weighted by atomic mass is 32.2. The van der Waals surface area contributed by atoms with E-state index < -0.39 is 5.97 Å². The number of nitrogens with zero attached hydrogens (tertiary/aromatic N) is 2. The van der Waals surface area contributed by atoms with E-state index in [1.807, 2.05) is 43.6 Å². The van der Waals surface area contributed by atoms with Gasteiger partial charge in [0.15, 0.2) is 0 Å². The van der Waals surface area contributed by atoms with Crippen LogP contribution < -0.4 is 4.74 Å². The molecule has 118 valence electrons. The van der Waals surface area contributed by atoms with Gasteiger partial charge >= 0.3 is 5.97 Å². The van der Waals surface area contributed by atoms with Crippen molar-refractivity contribution >= 4 is 28.6 Å². The van der Waals surface area contributed by atoms with Crippen LogP contribution in [0.1, 0.15) is 17.3 Å². The molecule has 1 N–H and O–H groups in total. The molecule has 0 saturated carbocycles. The van der Waals surface area contributed by atoms with Gasteiger partial charge in [-0.2, -0.15) is 5.10 Å². The molecule has 1 aromatic heterocycles. The van der Waals surface area contributed by atoms with Crippen molar-refractivity contribution in [3.8, 4) is 11.5 Å². The number of rotatable bonds is 5. The number of carbonyl (C=O) groups is 1. The molecule has 3 rings (SSSR count). The lowest BCUT2D eigenvalue weighted by Gasteiger charge is -2.08. The summed E-state index contributed by atoms with van der Waals surface area (Å²) in [6.45, 7) is 2.69. The molecule has 2 aromatic carbocycles. The molecule has 1 heterocycles. The van der Waals surface area contributed by atoms with E-state index in [1.54, 1.807) is 22.5 Å². The van der Waals surface area contributed by atoms with Crippen LogP contribution in [-0.2, 0) is 6.54 Å². The van der Waals surface area contributed by atoms with Crippen LogP contribution in [0, 0.1) is 0 Å². The van der Waals surface area contributed by atoms with Gasteiger partial charge in [0.1, 0.15) is 11.5 Å². The maximum absolute atomic E-state index is 11.3. The van der Waals surface area contributed by atoms with Gasteiger partial charge < -0.3 is 9.84 Å². The summed E-state index contributed by atoms with van der Waals surface area (Å²) in [6.07, 6.45) is 3.88. The second-order valence-corrected chi connectivity index (χ2v) is 5.85. The Morgan fingerprint density at radius 1 is 1.30 bits per heavy atom. The number of hydrogen-bond donors (Lipinski definition) is 1. The Labute approximate surface area is 137 Å². The van der Waals surface area contributed by atoms with E-state index in [4.69, 9.17) is 4.74 Å². The zero-order valence-electron chi connectivity index (χ0n) is 12.8. The van der Waals surface area contributed by atoms with E-state index in [0.717, 1.165) is 10.3 Å². The predicted molar refractivity (Wildman–Crippen MR) is 90.7 cm³/mol. The van der Waals surface area contributed by atoms with E-state index in [-0.39, 0.29) is 5.56 Å². The van der Waals surface area contributed by atoms with Crippen LogP contribution in [0.15, 0.2) is 47.5 Å². The third-order valence-electron chi connectivity index (χ3n) is 3.49. The fourth-order valence-corrected chi connectivity index (χ4v) is 2.69. The Kier molecular flexibility index (Phi) is 4.25. The molecule has 0 bridgehead atoms. The fourth-order valence-electron chi connectivity index (χ4n) is 2.28. The molecular weight excluding hydrogens is 312 g/mol. The third-order valence-corrected chi connectivity index (χ3v) is 4.24. The van der Waals surface area contributed by atoms with Crippen LogP contribution >= 0.6 is 11.8 Å². The van der Waals surface area contributed by atoms with E-state index >= 15 is 0 Å². The maximum Gasteiger partial charge on any atom is 0.335 e. The van der Waals surface area contributed by atoms with Gasteiger partial charge in [-0.05, 0) is 49.6 Å². The number of aryl methyl sites for hydroxylation is 1. The monoisotopic (exact) mass is 328 g/mol. The molecular formula is C17H16N2O3S. The number of ether oxygens (including phenoxy) is 1. The molecule has 0 spiro atoms. The quantitative estimate of drug-likeness (QED) is 0.709. The summed E-state index contributed by atoms with van der Waals surface area (Å²) in [7, 11) is 0. The minimum absolute atomic E-state index is 0.162. The van der Waals surface area contributed by atoms with Gasteiger partial charge in [-0.3, -0.25) is 4.68 Å². The van der Waals surface area contributed by atoms with Crippen LogP contribution in [-0.4, -0.2) is 27.1 Å². The molecule has 3 aromatic rings. The molecule has 0 amide bonds. The lowest BCUT2D eigenvalue weighted by atomic mass is 10.1. The number of aromatic nitrogens is 2. The average molecular weight is 328 g/mol. The highest BCUT2D eigenvalue weighted by molar-refractivity contribution is 7.98. The summed E-state index contributed by atoms with van der Waals surface area (Å²) < 4.78 is 7.68. The van der Waals surface area contributed by atoms with Crippen molar-refractivity contribution in [3.05, 3.63) is 48.2 Å². The van der Waals surface area contributed by atoms with E-state index in [0.29, 0.717) is 23.6 Å². The van der Waals surface area contributed by atoms with Crippen LogP contribution in [0.2, 0.25) is 0 Å². The van der Waals surface area contributed by atoms with Gasteiger partial charge in [-0.25, -0.2) is 4.79 Å². The van der Waals surface area contributed by atoms with Crippen LogP contribution in [0.3, 0.4) is 0 Å². The number of fused-ring (bicyclic) bond motifs is 1. The van der Waals surface area contributed by atoms with Crippen molar-refractivity contribution in [2.75, 3.05) is 6.26 Å². The lowest BCUT2D eigenvalue weighted by molar-refractivity contribution is 0.0696. The molecule has 0 atom stereocenters. The Morgan fingerprint density at radius 2 is 2.04 bits per heavy atom. The number of hydrogen-bond acceptors (Lipinski definition) is 4. The Bertz CT molecular complexity index is 856. The molecule has 5 nitrogen and oxygen atoms in total. The smallest absolute Gasteiger partial charge is 0.335 e. The SMILES string of the molecule is CCn1cc2c(Oc3ccc(SC)cc3)cc(C(=O)O)cc2n1. The highest BCUT2D eigenvalue weighted by Crippen LogP contribution is 2.32. The van der Waals surface area contributed by atoms with Crippen LogP contribution in [0.25, 0.3) is 10.9 Å². The Balaban J connectivity index is 2.06. The van der Waals surface area contributed by atoms with Crippen molar-refractivity contribution in [1.82, 2.24) is 9.78 Å². The average Bonchev–Trinajstić information content (AvgIpc) is 2.99. The normalized spacial score (nSPS) is 10.9. The molecule has 0 aliphatic rings. The van der Waals surface area contributed by atoms with Gasteiger partial charge in [0.05, 0.1) is 16.5 Å². The molecule has 0 radical (unpaired) electrons. The van der Waals surface area contributed by atoms with Crippen LogP contribution in [0.5, 0.6) is 11.5 Å². The summed E-state index contributed by atoms with van der Waals surface area (Å²) in [4.78, 5) is 12.5. The van der Waals surface area contributed by atoms with Crippen molar-refractivity contribution in [1.29, 1.82) is 0 Å². The Morgan fingerprint density at radius 3 is 2.65 bits per heavy atom. The molecule has 0 aliphatic carbocycles. The third kappa shape index (κ3) is 3.17. The second-order valence-electron chi connectivity index (χ2n) is 4.97. The topological polar surface area (TPSA) is 64.3 Å². The zero-order valence-corrected chi connectivity index (χ0v) is 13.6. The number of carboxylic acids is 1. The van der Waals surface area contributed by atoms with Gasteiger partial charge in [0.2, 0.25) is 0 Å².